The van der Waals surface area contributed by atoms with Gasteiger partial charge in [0, 0.05) is 20.0 Å². The minimum atomic E-state index is -0.303. The van der Waals surface area contributed by atoms with Gasteiger partial charge in [-0.25, -0.2) is 0 Å². The molecule has 1 aliphatic carbocycles. The summed E-state index contributed by atoms with van der Waals surface area (Å²) in [6, 6.07) is 0. The summed E-state index contributed by atoms with van der Waals surface area (Å²) < 4.78 is 25.3. The minimum Gasteiger partial charge on any atom is -0.462 e. The maximum Gasteiger partial charge on any atom is 0.302 e. The molecule has 5 heteroatoms. The molecule has 4 aliphatic rings. The van der Waals surface area contributed by atoms with E-state index in [0.717, 1.165) is 32.3 Å². The zero-order chi connectivity index (χ0) is 20.2. The van der Waals surface area contributed by atoms with E-state index in [1.165, 1.54) is 6.92 Å². The molecule has 3 aliphatic heterocycles. The highest BCUT2D eigenvalue weighted by Gasteiger charge is 2.63. The molecule has 4 fully saturated rings. The number of hydrogen-bond donors (Lipinski definition) is 0. The van der Waals surface area contributed by atoms with Gasteiger partial charge in [0.15, 0.2) is 0 Å². The Morgan fingerprint density at radius 3 is 2.50 bits per heavy atom. The lowest BCUT2D eigenvalue weighted by atomic mass is 9.59. The first-order valence-electron chi connectivity index (χ1n) is 11.2. The molecule has 28 heavy (non-hydrogen) atoms. The molecule has 3 saturated heterocycles. The molecule has 3 heterocycles. The van der Waals surface area contributed by atoms with Crippen molar-refractivity contribution in [3.8, 4) is 0 Å². The maximum absolute atomic E-state index is 11.9. The van der Waals surface area contributed by atoms with Gasteiger partial charge in [0.05, 0.1) is 30.5 Å². The first-order valence-corrected chi connectivity index (χ1v) is 11.2. The van der Waals surface area contributed by atoms with Crippen molar-refractivity contribution in [2.45, 2.75) is 90.3 Å². The fourth-order valence-corrected chi connectivity index (χ4v) is 6.95. The Bertz CT molecular complexity index is 594. The van der Waals surface area contributed by atoms with Crippen molar-refractivity contribution >= 4 is 5.97 Å². The molecule has 1 saturated carbocycles. The predicted molar refractivity (Wildman–Crippen MR) is 106 cm³/mol. The van der Waals surface area contributed by atoms with Crippen molar-refractivity contribution < 1.29 is 23.7 Å². The third-order valence-electron chi connectivity index (χ3n) is 8.40. The lowest BCUT2D eigenvalue weighted by Crippen LogP contribution is -2.52. The molecule has 3 unspecified atom stereocenters. The van der Waals surface area contributed by atoms with Crippen LogP contribution in [0.4, 0.5) is 0 Å². The van der Waals surface area contributed by atoms with Crippen LogP contribution in [-0.2, 0) is 23.7 Å². The van der Waals surface area contributed by atoms with Crippen molar-refractivity contribution in [1.82, 2.24) is 0 Å². The quantitative estimate of drug-likeness (QED) is 0.666. The molecule has 0 aromatic rings. The second-order valence-electron chi connectivity index (χ2n) is 10.3. The summed E-state index contributed by atoms with van der Waals surface area (Å²) in [5.41, 5.74) is -0.303. The standard InChI is InChI=1S/C23H38O5/c1-12-10-18-20-19-16(9-13(2)21(20)27-15(4)24)14(3)11-26-23(5,22(19)28-18)8-7-17(12)25-6/h12-14,16-22H,7-11H2,1-6H3/t12-,13-,14+,16?,17-,18?,19+,20+,21-,22?,23+/m1/s1. The van der Waals surface area contributed by atoms with Crippen molar-refractivity contribution in [3.05, 3.63) is 0 Å². The number of hydrogen-bond acceptors (Lipinski definition) is 5. The second-order valence-corrected chi connectivity index (χ2v) is 10.3. The Balaban J connectivity index is 1.77. The Morgan fingerprint density at radius 2 is 1.82 bits per heavy atom. The Labute approximate surface area is 169 Å². The average Bonchev–Trinajstić information content (AvgIpc) is 2.99. The number of fused-ring (bicyclic) bond motifs is 2. The fraction of sp³-hybridized carbons (Fsp3) is 0.957. The topological polar surface area (TPSA) is 54.0 Å². The predicted octanol–water partition coefficient (Wildman–Crippen LogP) is 3.83. The third-order valence-corrected chi connectivity index (χ3v) is 8.40. The van der Waals surface area contributed by atoms with Crippen molar-refractivity contribution in [3.63, 3.8) is 0 Å². The Hall–Kier alpha value is -0.650. The molecule has 0 N–H and O–H groups in total. The zero-order valence-electron chi connectivity index (χ0n) is 18.4. The van der Waals surface area contributed by atoms with Gasteiger partial charge in [0.1, 0.15) is 6.10 Å². The van der Waals surface area contributed by atoms with Crippen LogP contribution in [-0.4, -0.2) is 49.7 Å². The van der Waals surface area contributed by atoms with E-state index in [2.05, 4.69) is 27.7 Å². The van der Waals surface area contributed by atoms with E-state index in [4.69, 9.17) is 18.9 Å². The molecule has 0 amide bonds. The van der Waals surface area contributed by atoms with Crippen LogP contribution in [0.1, 0.15) is 60.3 Å². The molecule has 5 nitrogen and oxygen atoms in total. The Morgan fingerprint density at radius 1 is 1.07 bits per heavy atom. The van der Waals surface area contributed by atoms with E-state index in [0.29, 0.717) is 29.6 Å². The molecule has 0 spiro atoms. The monoisotopic (exact) mass is 394 g/mol. The molecule has 0 aromatic heterocycles. The average molecular weight is 395 g/mol. The number of rotatable bonds is 2. The van der Waals surface area contributed by atoms with Gasteiger partial charge < -0.3 is 18.9 Å². The Kier molecular flexibility index (Phi) is 5.56. The summed E-state index contributed by atoms with van der Waals surface area (Å²) in [5, 5.41) is 0. The lowest BCUT2D eigenvalue weighted by Gasteiger charge is -2.47. The SMILES string of the molecule is CO[C@@H]1CC[C@]2(C)OC[C@H](C)C3C[C@@H](C)[C@@H](OC(C)=O)[C@H]4C(C[C@H]1C)OC2[C@@H]34. The van der Waals surface area contributed by atoms with Crippen LogP contribution in [0, 0.1) is 35.5 Å². The van der Waals surface area contributed by atoms with Crippen molar-refractivity contribution in [2.75, 3.05) is 13.7 Å². The summed E-state index contributed by atoms with van der Waals surface area (Å²) in [5.74, 6) is 2.30. The largest absolute Gasteiger partial charge is 0.462 e. The minimum absolute atomic E-state index is 0.0593. The van der Waals surface area contributed by atoms with Crippen LogP contribution in [0.3, 0.4) is 0 Å². The van der Waals surface area contributed by atoms with E-state index in [-0.39, 0.29) is 41.9 Å². The smallest absolute Gasteiger partial charge is 0.302 e. The van der Waals surface area contributed by atoms with Gasteiger partial charge in [0.2, 0.25) is 0 Å². The highest BCUT2D eigenvalue weighted by Crippen LogP contribution is 2.57. The molecular formula is C23H38O5. The van der Waals surface area contributed by atoms with E-state index in [1.807, 2.05) is 7.11 Å². The normalized spacial score (nSPS) is 53.5. The number of carbonyl (C=O) groups excluding carboxylic acids is 1. The molecule has 2 bridgehead atoms. The summed E-state index contributed by atoms with van der Waals surface area (Å²) in [4.78, 5) is 11.9. The zero-order valence-corrected chi connectivity index (χ0v) is 18.4. The van der Waals surface area contributed by atoms with Crippen LogP contribution >= 0.6 is 0 Å². The van der Waals surface area contributed by atoms with Gasteiger partial charge in [-0.2, -0.15) is 0 Å². The van der Waals surface area contributed by atoms with Crippen LogP contribution in [0.15, 0.2) is 0 Å². The first kappa shape index (κ1) is 20.6. The van der Waals surface area contributed by atoms with Crippen LogP contribution in [0.25, 0.3) is 0 Å². The molecule has 160 valence electrons. The number of esters is 1. The fourth-order valence-electron chi connectivity index (χ4n) is 6.95. The van der Waals surface area contributed by atoms with E-state index >= 15 is 0 Å². The number of methoxy groups -OCH3 is 1. The van der Waals surface area contributed by atoms with Gasteiger partial charge in [-0.15, -0.1) is 0 Å². The second kappa shape index (κ2) is 7.55. The van der Waals surface area contributed by atoms with Crippen molar-refractivity contribution in [2.24, 2.45) is 35.5 Å². The van der Waals surface area contributed by atoms with Crippen molar-refractivity contribution in [1.29, 1.82) is 0 Å². The summed E-state index contributed by atoms with van der Waals surface area (Å²) >= 11 is 0. The van der Waals surface area contributed by atoms with Crippen LogP contribution in [0.5, 0.6) is 0 Å². The summed E-state index contributed by atoms with van der Waals surface area (Å²) in [6.07, 6.45) is 4.32. The van der Waals surface area contributed by atoms with E-state index in [1.54, 1.807) is 0 Å². The first-order chi connectivity index (χ1) is 13.2. The highest BCUT2D eigenvalue weighted by atomic mass is 16.6. The number of ether oxygens (including phenoxy) is 4. The highest BCUT2D eigenvalue weighted by molar-refractivity contribution is 5.66. The van der Waals surface area contributed by atoms with Gasteiger partial charge in [0.25, 0.3) is 0 Å². The maximum atomic E-state index is 11.9. The molecule has 4 rings (SSSR count). The number of carbonyl (C=O) groups is 1. The summed E-state index contributed by atoms with van der Waals surface area (Å²) in [7, 11) is 1.82. The van der Waals surface area contributed by atoms with E-state index < -0.39 is 0 Å². The lowest BCUT2D eigenvalue weighted by molar-refractivity contribution is -0.160. The van der Waals surface area contributed by atoms with Crippen LogP contribution < -0.4 is 0 Å². The molecule has 11 atom stereocenters. The van der Waals surface area contributed by atoms with Crippen LogP contribution in [0.2, 0.25) is 0 Å². The molecule has 0 radical (unpaired) electrons. The third kappa shape index (κ3) is 3.31. The van der Waals surface area contributed by atoms with Gasteiger partial charge in [-0.1, -0.05) is 20.8 Å². The van der Waals surface area contributed by atoms with Gasteiger partial charge in [-0.05, 0) is 62.2 Å². The van der Waals surface area contributed by atoms with Gasteiger partial charge >= 0.3 is 5.97 Å². The van der Waals surface area contributed by atoms with Gasteiger partial charge in [-0.3, -0.25) is 4.79 Å². The van der Waals surface area contributed by atoms with E-state index in [9.17, 15) is 4.79 Å². The summed E-state index contributed by atoms with van der Waals surface area (Å²) in [6.45, 7) is 11.4. The molecule has 0 aromatic carbocycles. The molecular weight excluding hydrogens is 356 g/mol.